The number of imidazole rings is 1. The van der Waals surface area contributed by atoms with E-state index in [1.165, 1.54) is 17.0 Å². The van der Waals surface area contributed by atoms with Crippen molar-refractivity contribution >= 4 is 33.8 Å². The molecular formula is C22H19ClFN5S. The fourth-order valence-corrected chi connectivity index (χ4v) is 5.13. The van der Waals surface area contributed by atoms with E-state index in [0.717, 1.165) is 40.6 Å². The lowest BCUT2D eigenvalue weighted by molar-refractivity contribution is 0.528. The molecule has 0 amide bonds. The van der Waals surface area contributed by atoms with Crippen LogP contribution in [0.2, 0.25) is 5.15 Å². The molecule has 0 fully saturated rings. The maximum atomic E-state index is 13.4. The zero-order chi connectivity index (χ0) is 20.7. The van der Waals surface area contributed by atoms with Gasteiger partial charge in [-0.05, 0) is 54.8 Å². The molecule has 2 heterocycles. The van der Waals surface area contributed by atoms with Gasteiger partial charge in [0, 0.05) is 34.4 Å². The Kier molecular flexibility index (Phi) is 5.02. The number of aromatic nitrogens is 3. The van der Waals surface area contributed by atoms with E-state index in [1.807, 2.05) is 41.0 Å². The third kappa shape index (κ3) is 3.84. The number of halogens is 2. The predicted molar refractivity (Wildman–Crippen MR) is 119 cm³/mol. The predicted octanol–water partition coefficient (Wildman–Crippen LogP) is 5.27. The summed E-state index contributed by atoms with van der Waals surface area (Å²) in [7, 11) is 0. The number of benzene rings is 2. The van der Waals surface area contributed by atoms with Gasteiger partial charge in [0.15, 0.2) is 5.13 Å². The minimum Gasteiger partial charge on any atom is -0.332 e. The fourth-order valence-electron chi connectivity index (χ4n) is 3.84. The van der Waals surface area contributed by atoms with E-state index in [0.29, 0.717) is 5.15 Å². The van der Waals surface area contributed by atoms with E-state index in [1.54, 1.807) is 23.9 Å². The molecule has 30 heavy (non-hydrogen) atoms. The lowest BCUT2D eigenvalue weighted by Crippen LogP contribution is -2.30. The Labute approximate surface area is 182 Å². The van der Waals surface area contributed by atoms with Gasteiger partial charge in [-0.1, -0.05) is 23.7 Å². The summed E-state index contributed by atoms with van der Waals surface area (Å²) in [4.78, 5) is 10.1. The van der Waals surface area contributed by atoms with Crippen LogP contribution in [0, 0.1) is 5.82 Å². The van der Waals surface area contributed by atoms with E-state index in [-0.39, 0.29) is 17.8 Å². The van der Waals surface area contributed by atoms with Crippen LogP contribution in [0.25, 0.3) is 5.69 Å². The SMILES string of the molecule is NC1Cc2sc(Nc3ccc(-n4cnc(Cl)c4)cc3)nc2C(c2ccc(F)cc2)C1. The van der Waals surface area contributed by atoms with E-state index >= 15 is 0 Å². The summed E-state index contributed by atoms with van der Waals surface area (Å²) in [6.45, 7) is 0. The highest BCUT2D eigenvalue weighted by molar-refractivity contribution is 7.15. The third-order valence-corrected chi connectivity index (χ3v) is 6.49. The maximum absolute atomic E-state index is 13.4. The number of fused-ring (bicyclic) bond motifs is 1. The summed E-state index contributed by atoms with van der Waals surface area (Å²) >= 11 is 7.52. The highest BCUT2D eigenvalue weighted by Crippen LogP contribution is 2.40. The number of thiazole rings is 1. The summed E-state index contributed by atoms with van der Waals surface area (Å²) in [5.41, 5.74) is 10.3. The van der Waals surface area contributed by atoms with E-state index in [4.69, 9.17) is 22.3 Å². The second kappa shape index (κ2) is 7.83. The molecule has 0 aliphatic heterocycles. The van der Waals surface area contributed by atoms with E-state index in [9.17, 15) is 4.39 Å². The summed E-state index contributed by atoms with van der Waals surface area (Å²) < 4.78 is 15.2. The summed E-state index contributed by atoms with van der Waals surface area (Å²) in [6, 6.07) is 14.7. The molecule has 3 N–H and O–H groups in total. The van der Waals surface area contributed by atoms with Crippen molar-refractivity contribution in [1.29, 1.82) is 0 Å². The number of nitrogens with two attached hydrogens (primary N) is 1. The van der Waals surface area contributed by atoms with Crippen molar-refractivity contribution < 1.29 is 4.39 Å². The lowest BCUT2D eigenvalue weighted by Gasteiger charge is -2.26. The highest BCUT2D eigenvalue weighted by atomic mass is 35.5. The van der Waals surface area contributed by atoms with Crippen molar-refractivity contribution in [2.45, 2.75) is 24.8 Å². The molecule has 0 saturated carbocycles. The number of anilines is 2. The molecule has 0 radical (unpaired) electrons. The van der Waals surface area contributed by atoms with Crippen LogP contribution in [-0.2, 0) is 6.42 Å². The van der Waals surface area contributed by atoms with Crippen LogP contribution in [0.3, 0.4) is 0 Å². The Hall–Kier alpha value is -2.74. The summed E-state index contributed by atoms with van der Waals surface area (Å²) in [5, 5.41) is 4.69. The number of rotatable bonds is 4. The van der Waals surface area contributed by atoms with Gasteiger partial charge < -0.3 is 15.6 Å². The number of hydrogen-bond acceptors (Lipinski definition) is 5. The molecule has 2 atom stereocenters. The van der Waals surface area contributed by atoms with Gasteiger partial charge in [-0.25, -0.2) is 14.4 Å². The average molecular weight is 440 g/mol. The van der Waals surface area contributed by atoms with Crippen molar-refractivity contribution in [2.24, 2.45) is 5.73 Å². The van der Waals surface area contributed by atoms with Crippen molar-refractivity contribution in [3.8, 4) is 5.69 Å². The third-order valence-electron chi connectivity index (χ3n) is 5.28. The number of hydrogen-bond donors (Lipinski definition) is 2. The first kappa shape index (κ1) is 19.2. The minimum absolute atomic E-state index is 0.0714. The Balaban J connectivity index is 1.39. The van der Waals surface area contributed by atoms with Crippen LogP contribution in [0.15, 0.2) is 61.1 Å². The fraction of sp³-hybridized carbons (Fsp3) is 0.182. The number of nitrogens with one attached hydrogen (secondary N) is 1. The van der Waals surface area contributed by atoms with Gasteiger partial charge in [0.25, 0.3) is 0 Å². The second-order valence-corrected chi connectivity index (χ2v) is 8.88. The van der Waals surface area contributed by atoms with Gasteiger partial charge in [-0.15, -0.1) is 11.3 Å². The van der Waals surface area contributed by atoms with Gasteiger partial charge in [0.1, 0.15) is 17.3 Å². The molecule has 152 valence electrons. The zero-order valence-corrected chi connectivity index (χ0v) is 17.5. The van der Waals surface area contributed by atoms with Gasteiger partial charge in [-0.2, -0.15) is 0 Å². The molecular weight excluding hydrogens is 421 g/mol. The Bertz CT molecular complexity index is 1170. The van der Waals surface area contributed by atoms with Gasteiger partial charge in [-0.3, -0.25) is 0 Å². The quantitative estimate of drug-likeness (QED) is 0.454. The van der Waals surface area contributed by atoms with Crippen LogP contribution in [-0.4, -0.2) is 20.6 Å². The number of nitrogens with zero attached hydrogens (tertiary/aromatic N) is 3. The van der Waals surface area contributed by atoms with Gasteiger partial charge in [0.05, 0.1) is 5.69 Å². The average Bonchev–Trinajstić information content (AvgIpc) is 3.34. The standard InChI is InChI=1S/C22H19ClFN5S/c23-20-11-29(12-26-20)17-7-5-16(6-8-17)27-22-28-21-18(9-15(25)10-19(21)30-22)13-1-3-14(24)4-2-13/h1-8,11-12,15,18H,9-10,25H2,(H,27,28). The van der Waals surface area contributed by atoms with Crippen molar-refractivity contribution in [1.82, 2.24) is 14.5 Å². The second-order valence-electron chi connectivity index (χ2n) is 7.41. The van der Waals surface area contributed by atoms with Crippen molar-refractivity contribution in [3.05, 3.63) is 88.2 Å². The van der Waals surface area contributed by atoms with Gasteiger partial charge in [0.2, 0.25) is 0 Å². The summed E-state index contributed by atoms with van der Waals surface area (Å²) in [6.07, 6.45) is 5.06. The molecule has 8 heteroatoms. The van der Waals surface area contributed by atoms with Gasteiger partial charge >= 0.3 is 0 Å². The minimum atomic E-state index is -0.235. The lowest BCUT2D eigenvalue weighted by atomic mass is 9.83. The maximum Gasteiger partial charge on any atom is 0.187 e. The molecule has 2 unspecified atom stereocenters. The molecule has 5 nitrogen and oxygen atoms in total. The molecule has 2 aromatic heterocycles. The van der Waals surface area contributed by atoms with E-state index in [2.05, 4.69) is 10.3 Å². The van der Waals surface area contributed by atoms with E-state index < -0.39 is 0 Å². The monoisotopic (exact) mass is 439 g/mol. The zero-order valence-electron chi connectivity index (χ0n) is 15.9. The molecule has 0 spiro atoms. The first-order chi connectivity index (χ1) is 14.5. The normalized spacial score (nSPS) is 18.2. The first-order valence-electron chi connectivity index (χ1n) is 9.63. The molecule has 1 aliphatic carbocycles. The van der Waals surface area contributed by atoms with Crippen LogP contribution in [0.5, 0.6) is 0 Å². The molecule has 4 aromatic rings. The highest BCUT2D eigenvalue weighted by Gasteiger charge is 2.30. The Morgan fingerprint density at radius 2 is 1.90 bits per heavy atom. The molecule has 5 rings (SSSR count). The van der Waals surface area contributed by atoms with Crippen LogP contribution >= 0.6 is 22.9 Å². The van der Waals surface area contributed by atoms with Crippen LogP contribution in [0.4, 0.5) is 15.2 Å². The Morgan fingerprint density at radius 3 is 2.60 bits per heavy atom. The first-order valence-corrected chi connectivity index (χ1v) is 10.8. The summed E-state index contributed by atoms with van der Waals surface area (Å²) in [5.74, 6) is -0.148. The smallest absolute Gasteiger partial charge is 0.187 e. The van der Waals surface area contributed by atoms with Crippen LogP contribution < -0.4 is 11.1 Å². The topological polar surface area (TPSA) is 68.8 Å². The van der Waals surface area contributed by atoms with Crippen LogP contribution in [0.1, 0.15) is 28.5 Å². The molecule has 1 aliphatic rings. The van der Waals surface area contributed by atoms with Crippen molar-refractivity contribution in [3.63, 3.8) is 0 Å². The largest absolute Gasteiger partial charge is 0.332 e. The Morgan fingerprint density at radius 1 is 1.13 bits per heavy atom. The van der Waals surface area contributed by atoms with Crippen molar-refractivity contribution in [2.75, 3.05) is 5.32 Å². The molecule has 0 saturated heterocycles. The molecule has 2 aromatic carbocycles. The molecule has 0 bridgehead atoms.